The standard InChI is InChI=1S/C16H25NO2/c1-6-19-15(18)17(12-16(3,4)5)13(2)14-10-8-7-9-11-14/h7-11,13H,6,12H2,1-5H3/t13-/m0/s1. The lowest BCUT2D eigenvalue weighted by Crippen LogP contribution is -2.40. The fourth-order valence-electron chi connectivity index (χ4n) is 1.99. The van der Waals surface area contributed by atoms with Crippen molar-refractivity contribution in [1.29, 1.82) is 0 Å². The molecule has 0 aromatic heterocycles. The van der Waals surface area contributed by atoms with E-state index < -0.39 is 0 Å². The Balaban J connectivity index is 2.92. The number of hydrogen-bond donors (Lipinski definition) is 0. The lowest BCUT2D eigenvalue weighted by molar-refractivity contribution is 0.0768. The van der Waals surface area contributed by atoms with Gasteiger partial charge >= 0.3 is 6.09 Å². The normalized spacial score (nSPS) is 12.9. The smallest absolute Gasteiger partial charge is 0.410 e. The molecule has 1 aromatic carbocycles. The number of amides is 1. The van der Waals surface area contributed by atoms with E-state index in [0.29, 0.717) is 13.2 Å². The number of hydrogen-bond acceptors (Lipinski definition) is 2. The van der Waals surface area contributed by atoms with Crippen LogP contribution in [0.5, 0.6) is 0 Å². The summed E-state index contributed by atoms with van der Waals surface area (Å²) in [5.41, 5.74) is 1.16. The van der Waals surface area contributed by atoms with Crippen LogP contribution in [0.15, 0.2) is 30.3 Å². The van der Waals surface area contributed by atoms with Gasteiger partial charge in [0.1, 0.15) is 0 Å². The van der Waals surface area contributed by atoms with Crippen LogP contribution >= 0.6 is 0 Å². The van der Waals surface area contributed by atoms with Crippen molar-refractivity contribution in [3.63, 3.8) is 0 Å². The zero-order chi connectivity index (χ0) is 14.5. The first-order valence-electron chi connectivity index (χ1n) is 6.83. The summed E-state index contributed by atoms with van der Waals surface area (Å²) in [7, 11) is 0. The number of rotatable bonds is 4. The van der Waals surface area contributed by atoms with Gasteiger partial charge in [-0.3, -0.25) is 0 Å². The number of carbonyl (C=O) groups excluding carboxylic acids is 1. The quantitative estimate of drug-likeness (QED) is 0.812. The molecule has 3 nitrogen and oxygen atoms in total. The van der Waals surface area contributed by atoms with Crippen LogP contribution in [0.1, 0.15) is 46.2 Å². The number of benzene rings is 1. The van der Waals surface area contributed by atoms with Crippen molar-refractivity contribution in [2.45, 2.75) is 40.7 Å². The van der Waals surface area contributed by atoms with E-state index in [4.69, 9.17) is 4.74 Å². The van der Waals surface area contributed by atoms with Crippen LogP contribution in [0.2, 0.25) is 0 Å². The second-order valence-electron chi connectivity index (χ2n) is 5.97. The van der Waals surface area contributed by atoms with E-state index in [1.54, 1.807) is 4.90 Å². The van der Waals surface area contributed by atoms with E-state index >= 15 is 0 Å². The van der Waals surface area contributed by atoms with Gasteiger partial charge < -0.3 is 9.64 Å². The maximum absolute atomic E-state index is 12.1. The molecule has 0 heterocycles. The Morgan fingerprint density at radius 3 is 2.32 bits per heavy atom. The number of nitrogens with zero attached hydrogens (tertiary/aromatic N) is 1. The summed E-state index contributed by atoms with van der Waals surface area (Å²) >= 11 is 0. The molecule has 0 aliphatic carbocycles. The second-order valence-corrected chi connectivity index (χ2v) is 5.97. The van der Waals surface area contributed by atoms with Crippen LogP contribution in [0, 0.1) is 5.41 Å². The third-order valence-electron chi connectivity index (χ3n) is 2.90. The van der Waals surface area contributed by atoms with Gasteiger partial charge in [0.25, 0.3) is 0 Å². The average molecular weight is 263 g/mol. The van der Waals surface area contributed by atoms with Gasteiger partial charge in [-0.25, -0.2) is 4.79 Å². The lowest BCUT2D eigenvalue weighted by atomic mass is 9.94. The van der Waals surface area contributed by atoms with Crippen LogP contribution in [0.4, 0.5) is 4.79 Å². The van der Waals surface area contributed by atoms with Gasteiger partial charge in [0.15, 0.2) is 0 Å². The molecule has 0 aliphatic heterocycles. The van der Waals surface area contributed by atoms with Crippen molar-refractivity contribution < 1.29 is 9.53 Å². The molecule has 0 N–H and O–H groups in total. The topological polar surface area (TPSA) is 29.5 Å². The third-order valence-corrected chi connectivity index (χ3v) is 2.90. The van der Waals surface area contributed by atoms with Crippen LogP contribution in [-0.2, 0) is 4.74 Å². The molecule has 106 valence electrons. The van der Waals surface area contributed by atoms with Gasteiger partial charge in [0.2, 0.25) is 0 Å². The minimum absolute atomic E-state index is 0.0134. The van der Waals surface area contributed by atoms with Crippen molar-refractivity contribution in [1.82, 2.24) is 4.90 Å². The SMILES string of the molecule is CCOC(=O)N(CC(C)(C)C)[C@@H](C)c1ccccc1. The van der Waals surface area contributed by atoms with Gasteiger partial charge in [-0.05, 0) is 24.8 Å². The molecule has 1 aromatic rings. The molecule has 0 radical (unpaired) electrons. The highest BCUT2D eigenvalue weighted by molar-refractivity contribution is 5.68. The van der Waals surface area contributed by atoms with Gasteiger partial charge in [0.05, 0.1) is 12.6 Å². The molecule has 0 spiro atoms. The van der Waals surface area contributed by atoms with Gasteiger partial charge in [-0.15, -0.1) is 0 Å². The summed E-state index contributed by atoms with van der Waals surface area (Å²) in [5, 5.41) is 0. The largest absolute Gasteiger partial charge is 0.450 e. The molecule has 0 aliphatic rings. The third kappa shape index (κ3) is 4.93. The Hall–Kier alpha value is -1.51. The van der Waals surface area contributed by atoms with Crippen molar-refractivity contribution in [2.24, 2.45) is 5.41 Å². The molecule has 1 atom stereocenters. The zero-order valence-electron chi connectivity index (χ0n) is 12.6. The maximum atomic E-state index is 12.1. The number of carbonyl (C=O) groups is 1. The molecular weight excluding hydrogens is 238 g/mol. The summed E-state index contributed by atoms with van der Waals surface area (Å²) in [4.78, 5) is 13.9. The first kappa shape index (κ1) is 15.5. The van der Waals surface area contributed by atoms with E-state index in [1.807, 2.05) is 44.2 Å². The molecule has 0 fully saturated rings. The van der Waals surface area contributed by atoms with E-state index in [9.17, 15) is 4.79 Å². The summed E-state index contributed by atoms with van der Waals surface area (Å²) < 4.78 is 5.18. The molecule has 0 saturated carbocycles. The predicted molar refractivity (Wildman–Crippen MR) is 78.0 cm³/mol. The lowest BCUT2D eigenvalue weighted by Gasteiger charge is -2.34. The summed E-state index contributed by atoms with van der Waals surface area (Å²) in [6.07, 6.45) is -0.242. The fourth-order valence-corrected chi connectivity index (χ4v) is 1.99. The molecule has 19 heavy (non-hydrogen) atoms. The molecular formula is C16H25NO2. The summed E-state index contributed by atoms with van der Waals surface area (Å²) in [6.45, 7) is 11.3. The van der Waals surface area contributed by atoms with E-state index in [2.05, 4.69) is 20.8 Å². The van der Waals surface area contributed by atoms with Gasteiger partial charge in [-0.1, -0.05) is 51.1 Å². The Kier molecular flexibility index (Phi) is 5.40. The minimum Gasteiger partial charge on any atom is -0.450 e. The monoisotopic (exact) mass is 263 g/mol. The molecule has 0 unspecified atom stereocenters. The first-order valence-corrected chi connectivity index (χ1v) is 6.83. The van der Waals surface area contributed by atoms with Crippen LogP contribution in [0.25, 0.3) is 0 Å². The Labute approximate surface area is 116 Å². The molecule has 0 bridgehead atoms. The fraction of sp³-hybridized carbons (Fsp3) is 0.562. The van der Waals surface area contributed by atoms with E-state index in [-0.39, 0.29) is 17.6 Å². The highest BCUT2D eigenvalue weighted by atomic mass is 16.6. The zero-order valence-corrected chi connectivity index (χ0v) is 12.6. The van der Waals surface area contributed by atoms with Crippen molar-refractivity contribution in [2.75, 3.05) is 13.2 Å². The Morgan fingerprint density at radius 2 is 1.84 bits per heavy atom. The summed E-state index contributed by atoms with van der Waals surface area (Å²) in [6, 6.07) is 10.1. The Morgan fingerprint density at radius 1 is 1.26 bits per heavy atom. The first-order chi connectivity index (χ1) is 8.85. The molecule has 0 saturated heterocycles. The maximum Gasteiger partial charge on any atom is 0.410 e. The van der Waals surface area contributed by atoms with Crippen molar-refractivity contribution >= 4 is 6.09 Å². The van der Waals surface area contributed by atoms with Crippen molar-refractivity contribution in [3.05, 3.63) is 35.9 Å². The van der Waals surface area contributed by atoms with E-state index in [1.165, 1.54) is 0 Å². The highest BCUT2D eigenvalue weighted by Gasteiger charge is 2.27. The number of ether oxygens (including phenoxy) is 1. The molecule has 3 heteroatoms. The van der Waals surface area contributed by atoms with Crippen molar-refractivity contribution in [3.8, 4) is 0 Å². The Bertz CT molecular complexity index is 395. The molecule has 1 amide bonds. The van der Waals surface area contributed by atoms with Crippen LogP contribution in [-0.4, -0.2) is 24.1 Å². The highest BCUT2D eigenvalue weighted by Crippen LogP contribution is 2.25. The van der Waals surface area contributed by atoms with Gasteiger partial charge in [-0.2, -0.15) is 0 Å². The predicted octanol–water partition coefficient (Wildman–Crippen LogP) is 4.25. The van der Waals surface area contributed by atoms with Crippen LogP contribution < -0.4 is 0 Å². The second kappa shape index (κ2) is 6.60. The minimum atomic E-state index is -0.242. The van der Waals surface area contributed by atoms with Gasteiger partial charge in [0, 0.05) is 6.54 Å². The average Bonchev–Trinajstić information content (AvgIpc) is 2.35. The molecule has 1 rings (SSSR count). The van der Waals surface area contributed by atoms with Crippen LogP contribution in [0.3, 0.4) is 0 Å². The van der Waals surface area contributed by atoms with E-state index in [0.717, 1.165) is 5.56 Å². The summed E-state index contributed by atoms with van der Waals surface area (Å²) in [5.74, 6) is 0.